The van der Waals surface area contributed by atoms with Crippen molar-refractivity contribution in [3.05, 3.63) is 11.6 Å². The molecule has 8 N–H and O–H groups in total. The van der Waals surface area contributed by atoms with E-state index in [9.17, 15) is 50.4 Å². The molecule has 9 rings (SSSR count). The molecule has 5 heterocycles. The zero-order valence-electron chi connectivity index (χ0n) is 40.5. The fourth-order valence-corrected chi connectivity index (χ4v) is 14.7. The summed E-state index contributed by atoms with van der Waals surface area (Å²) in [6.07, 6.45) is -10.8. The van der Waals surface area contributed by atoms with Gasteiger partial charge in [0.2, 0.25) is 0 Å². The standard InChI is InChI=1S/C49H76O20/c1-21-43(67-37-16-31(53)44(22(2)62-37)68-38-17-33(64-24(4)51)45(23(3)63-38)69-46-42(58)41(57)40(56)34(19-50)66-46)30(52)15-36(61-21)65-27-9-11-47(5)26(14-27)7-8-29-28(47)10-12-48(6)39(25-13-35(55)60-20-25)32(54)18-49(29,48)59/h13,21-23,26-34,36-46,50,52-54,56-59H,7-12,14-20H2,1-6H3/t21-,22-,23-,26-,27-,28+,29+,30-,31-,32-,33-,34+,36-,37-,38+,39-,40+,41-,42+,43+,44+,45-,46-,47+,48-,49+/m1/s1. The first-order chi connectivity index (χ1) is 32.6. The highest BCUT2D eigenvalue weighted by Crippen LogP contribution is 2.70. The number of esters is 2. The second-order valence-electron chi connectivity index (χ2n) is 22.3. The van der Waals surface area contributed by atoms with Crippen molar-refractivity contribution in [1.29, 1.82) is 0 Å². The largest absolute Gasteiger partial charge is 0.459 e. The van der Waals surface area contributed by atoms with Gasteiger partial charge in [-0.05, 0) is 94.5 Å². The molecule has 26 atom stereocenters. The Labute approximate surface area is 402 Å². The van der Waals surface area contributed by atoms with Crippen molar-refractivity contribution >= 4 is 11.9 Å². The van der Waals surface area contributed by atoms with Gasteiger partial charge in [0.25, 0.3) is 0 Å². The molecule has 4 saturated heterocycles. The maximum Gasteiger partial charge on any atom is 0.331 e. The lowest BCUT2D eigenvalue weighted by molar-refractivity contribution is -0.355. The lowest BCUT2D eigenvalue weighted by atomic mass is 9.43. The van der Waals surface area contributed by atoms with Gasteiger partial charge < -0.3 is 88.2 Å². The third-order valence-electron chi connectivity index (χ3n) is 18.2. The quantitative estimate of drug-likeness (QED) is 0.104. The Hall–Kier alpha value is -1.96. The molecule has 4 saturated carbocycles. The monoisotopic (exact) mass is 984 g/mol. The van der Waals surface area contributed by atoms with Crippen LogP contribution in [0, 0.1) is 34.5 Å². The lowest BCUT2D eigenvalue weighted by Gasteiger charge is -2.63. The number of rotatable bonds is 11. The molecule has 69 heavy (non-hydrogen) atoms. The highest BCUT2D eigenvalue weighted by Gasteiger charge is 2.70. The van der Waals surface area contributed by atoms with Crippen LogP contribution in [0.2, 0.25) is 0 Å². The minimum atomic E-state index is -1.68. The molecule has 9 aliphatic rings. The summed E-state index contributed by atoms with van der Waals surface area (Å²) in [6.45, 7) is 10.4. The van der Waals surface area contributed by atoms with Crippen LogP contribution in [0.3, 0.4) is 0 Å². The van der Waals surface area contributed by atoms with E-state index in [-0.39, 0.29) is 55.2 Å². The molecule has 8 fully saturated rings. The second-order valence-corrected chi connectivity index (χ2v) is 22.3. The number of cyclic esters (lactones) is 1. The van der Waals surface area contributed by atoms with Gasteiger partial charge >= 0.3 is 11.9 Å². The second kappa shape index (κ2) is 20.0. The molecule has 0 spiro atoms. The third kappa shape index (κ3) is 9.59. The Morgan fingerprint density at radius 3 is 1.93 bits per heavy atom. The Kier molecular flexibility index (Phi) is 15.1. The maximum absolute atomic E-state index is 12.6. The Balaban J connectivity index is 0.749. The van der Waals surface area contributed by atoms with E-state index in [0.29, 0.717) is 18.3 Å². The van der Waals surface area contributed by atoms with Crippen molar-refractivity contribution < 1.29 is 97.8 Å². The molecule has 20 nitrogen and oxygen atoms in total. The summed E-state index contributed by atoms with van der Waals surface area (Å²) in [5, 5.41) is 87.5. The van der Waals surface area contributed by atoms with Gasteiger partial charge in [-0.1, -0.05) is 13.8 Å². The first-order valence-corrected chi connectivity index (χ1v) is 25.3. The van der Waals surface area contributed by atoms with Crippen molar-refractivity contribution in [2.75, 3.05) is 13.2 Å². The van der Waals surface area contributed by atoms with E-state index < -0.39 is 134 Å². The van der Waals surface area contributed by atoms with E-state index in [0.717, 1.165) is 50.5 Å². The SMILES string of the molecule is CC(=O)O[C@@H]1C[C@H](O[C@@H]2[C@H](O)C[C@@H](O[C@@H]3[C@H](O)C[C@@H](O[C@@H]4CC[C@@]5(C)[C@H](CC[C@H]6[C@@H]5CC[C@]5(C)[C@H](C7=CC(=O)OC7)[C@H](O)C[C@]65O)C4)O[C@@H]3C)O[C@@H]2C)O[C@H](C)[C@H]1O[C@H]1O[C@@H](CO)[C@H](O)[C@@H](O)[C@@H]1O. The number of carbonyl (C=O) groups excluding carboxylic acids is 2. The maximum atomic E-state index is 12.6. The number of fused-ring (bicyclic) bond motifs is 5. The number of ether oxygens (including phenoxy) is 10. The highest BCUT2D eigenvalue weighted by molar-refractivity contribution is 5.85. The summed E-state index contributed by atoms with van der Waals surface area (Å²) in [4.78, 5) is 24.2. The van der Waals surface area contributed by atoms with Gasteiger partial charge in [0, 0.05) is 50.0 Å². The third-order valence-corrected chi connectivity index (χ3v) is 18.2. The highest BCUT2D eigenvalue weighted by atomic mass is 16.8. The summed E-state index contributed by atoms with van der Waals surface area (Å²) in [5.41, 5.74) is -0.809. The van der Waals surface area contributed by atoms with Crippen LogP contribution in [0.1, 0.15) is 112 Å². The van der Waals surface area contributed by atoms with Crippen molar-refractivity contribution in [2.24, 2.45) is 34.5 Å². The van der Waals surface area contributed by atoms with Crippen LogP contribution in [0.15, 0.2) is 11.6 Å². The van der Waals surface area contributed by atoms with Crippen LogP contribution in [0.4, 0.5) is 0 Å². The zero-order valence-corrected chi connectivity index (χ0v) is 40.5. The number of aliphatic hydroxyl groups is 8. The molecule has 0 aromatic rings. The van der Waals surface area contributed by atoms with E-state index in [1.54, 1.807) is 13.8 Å². The number of aliphatic hydroxyl groups excluding tert-OH is 7. The van der Waals surface area contributed by atoms with Gasteiger partial charge in [-0.15, -0.1) is 0 Å². The minimum Gasteiger partial charge on any atom is -0.459 e. The van der Waals surface area contributed by atoms with Crippen LogP contribution < -0.4 is 0 Å². The first kappa shape index (κ1) is 51.9. The van der Waals surface area contributed by atoms with Gasteiger partial charge in [0.1, 0.15) is 55.4 Å². The van der Waals surface area contributed by atoms with Gasteiger partial charge in [0.05, 0.1) is 54.9 Å². The Bertz CT molecular complexity index is 1850. The van der Waals surface area contributed by atoms with Gasteiger partial charge in [-0.2, -0.15) is 0 Å². The van der Waals surface area contributed by atoms with E-state index in [4.69, 9.17) is 47.4 Å². The summed E-state index contributed by atoms with van der Waals surface area (Å²) >= 11 is 0. The summed E-state index contributed by atoms with van der Waals surface area (Å²) in [6, 6.07) is 0. The zero-order chi connectivity index (χ0) is 49.5. The van der Waals surface area contributed by atoms with Crippen molar-refractivity contribution in [3.8, 4) is 0 Å². The normalized spacial score (nSPS) is 53.3. The fraction of sp³-hybridized carbons (Fsp3) is 0.918. The van der Waals surface area contributed by atoms with Gasteiger partial charge in [-0.25, -0.2) is 4.79 Å². The molecule has 4 aliphatic carbocycles. The number of hydrogen-bond donors (Lipinski definition) is 8. The summed E-state index contributed by atoms with van der Waals surface area (Å²) < 4.78 is 60.1. The molecule has 0 amide bonds. The molecular formula is C49H76O20. The average molecular weight is 985 g/mol. The Morgan fingerprint density at radius 1 is 0.710 bits per heavy atom. The van der Waals surface area contributed by atoms with Crippen molar-refractivity contribution in [2.45, 2.75) is 234 Å². The molecule has 0 bridgehead atoms. The summed E-state index contributed by atoms with van der Waals surface area (Å²) in [5.74, 6) is -0.609. The minimum absolute atomic E-state index is 0.000687. The molecule has 20 heteroatoms. The topological polar surface area (TPSA) is 288 Å². The molecule has 0 radical (unpaired) electrons. The molecule has 0 unspecified atom stereocenters. The van der Waals surface area contributed by atoms with E-state index in [1.165, 1.54) is 13.0 Å². The average Bonchev–Trinajstić information content (AvgIpc) is 3.79. The van der Waals surface area contributed by atoms with Crippen LogP contribution in [-0.4, -0.2) is 188 Å². The van der Waals surface area contributed by atoms with Crippen molar-refractivity contribution in [1.82, 2.24) is 0 Å². The summed E-state index contributed by atoms with van der Waals surface area (Å²) in [7, 11) is 0. The number of carbonyl (C=O) groups is 2. The molecule has 5 aliphatic heterocycles. The Morgan fingerprint density at radius 2 is 1.33 bits per heavy atom. The predicted molar refractivity (Wildman–Crippen MR) is 235 cm³/mol. The van der Waals surface area contributed by atoms with Crippen LogP contribution in [-0.2, 0) is 57.0 Å². The van der Waals surface area contributed by atoms with Crippen LogP contribution >= 0.6 is 0 Å². The molecule has 0 aromatic carbocycles. The van der Waals surface area contributed by atoms with Crippen LogP contribution in [0.25, 0.3) is 0 Å². The predicted octanol–water partition coefficient (Wildman–Crippen LogP) is 0.613. The van der Waals surface area contributed by atoms with E-state index in [1.807, 2.05) is 6.92 Å². The van der Waals surface area contributed by atoms with E-state index in [2.05, 4.69) is 13.8 Å². The van der Waals surface area contributed by atoms with Crippen molar-refractivity contribution in [3.63, 3.8) is 0 Å². The fourth-order valence-electron chi connectivity index (χ4n) is 14.7. The molecular weight excluding hydrogens is 909 g/mol. The lowest BCUT2D eigenvalue weighted by Crippen LogP contribution is -2.62. The van der Waals surface area contributed by atoms with Crippen LogP contribution in [0.5, 0.6) is 0 Å². The molecule has 0 aromatic heterocycles. The molecule has 392 valence electrons. The number of hydrogen-bond acceptors (Lipinski definition) is 20. The van der Waals surface area contributed by atoms with Gasteiger partial charge in [-0.3, -0.25) is 4.79 Å². The smallest absolute Gasteiger partial charge is 0.331 e. The first-order valence-electron chi connectivity index (χ1n) is 25.3. The van der Waals surface area contributed by atoms with E-state index >= 15 is 0 Å². The van der Waals surface area contributed by atoms with Gasteiger partial charge in [0.15, 0.2) is 25.2 Å².